The van der Waals surface area contributed by atoms with E-state index in [-0.39, 0.29) is 16.3 Å². The van der Waals surface area contributed by atoms with Crippen LogP contribution in [0.25, 0.3) is 0 Å². The van der Waals surface area contributed by atoms with Gasteiger partial charge in [-0.05, 0) is 37.1 Å². The van der Waals surface area contributed by atoms with Crippen molar-refractivity contribution in [2.24, 2.45) is 5.10 Å². The van der Waals surface area contributed by atoms with E-state index in [9.17, 15) is 18.5 Å². The zero-order valence-electron chi connectivity index (χ0n) is 16.4. The van der Waals surface area contributed by atoms with E-state index in [1.54, 1.807) is 19.1 Å². The highest BCUT2D eigenvalue weighted by Crippen LogP contribution is 2.29. The normalized spacial score (nSPS) is 11.4. The average molecular weight is 424 g/mol. The van der Waals surface area contributed by atoms with Gasteiger partial charge in [0.1, 0.15) is 4.90 Å². The molecule has 0 fully saturated rings. The van der Waals surface area contributed by atoms with E-state index in [1.807, 2.05) is 43.3 Å². The maximum atomic E-state index is 13.0. The smallest absolute Gasteiger partial charge is 0.270 e. The number of hydrogen-bond acceptors (Lipinski definition) is 6. The second-order valence-electron chi connectivity index (χ2n) is 6.64. The van der Waals surface area contributed by atoms with Crippen molar-refractivity contribution in [3.05, 3.63) is 93.5 Å². The average Bonchev–Trinajstić information content (AvgIpc) is 2.71. The topological polar surface area (TPSA) is 114 Å². The number of nitro groups is 1. The van der Waals surface area contributed by atoms with Crippen LogP contribution in [0.1, 0.15) is 16.7 Å². The van der Waals surface area contributed by atoms with Crippen molar-refractivity contribution in [1.29, 1.82) is 0 Å². The molecular weight excluding hydrogens is 404 g/mol. The highest BCUT2D eigenvalue weighted by molar-refractivity contribution is 7.92. The molecular formula is C21H20N4O4S. The van der Waals surface area contributed by atoms with Gasteiger partial charge in [-0.1, -0.05) is 48.0 Å². The van der Waals surface area contributed by atoms with Crippen molar-refractivity contribution < 1.29 is 13.3 Å². The molecule has 0 saturated heterocycles. The highest BCUT2D eigenvalue weighted by Gasteiger charge is 2.23. The van der Waals surface area contributed by atoms with Crippen LogP contribution in [-0.4, -0.2) is 19.6 Å². The number of rotatable bonds is 7. The van der Waals surface area contributed by atoms with Crippen LogP contribution >= 0.6 is 0 Å². The number of nitro benzene ring substituents is 1. The Morgan fingerprint density at radius 1 is 0.967 bits per heavy atom. The number of non-ortho nitro benzene ring substituents is 1. The number of benzene rings is 3. The molecule has 9 heteroatoms. The molecule has 0 bridgehead atoms. The van der Waals surface area contributed by atoms with Crippen LogP contribution in [0.15, 0.2) is 76.7 Å². The Morgan fingerprint density at radius 2 is 1.67 bits per heavy atom. The summed E-state index contributed by atoms with van der Waals surface area (Å²) in [5.74, 6) is 0. The summed E-state index contributed by atoms with van der Waals surface area (Å²) in [6.45, 7) is 3.68. The van der Waals surface area contributed by atoms with Gasteiger partial charge in [0.05, 0.1) is 22.5 Å². The summed E-state index contributed by atoms with van der Waals surface area (Å²) in [6.07, 6.45) is 1.52. The fourth-order valence-corrected chi connectivity index (χ4v) is 4.09. The molecule has 0 radical (unpaired) electrons. The fraction of sp³-hybridized carbons (Fsp3) is 0.0952. The zero-order chi connectivity index (χ0) is 21.7. The lowest BCUT2D eigenvalue weighted by molar-refractivity contribution is -0.385. The Labute approximate surface area is 174 Å². The Balaban J connectivity index is 1.96. The molecule has 0 heterocycles. The first-order chi connectivity index (χ1) is 14.3. The lowest BCUT2D eigenvalue weighted by atomic mass is 10.1. The first kappa shape index (κ1) is 21.0. The third-order valence-corrected chi connectivity index (χ3v) is 5.70. The number of nitrogens with one attached hydrogen (secondary N) is 2. The summed E-state index contributed by atoms with van der Waals surface area (Å²) in [4.78, 5) is 10.3. The summed E-state index contributed by atoms with van der Waals surface area (Å²) in [6, 6.07) is 18.0. The van der Waals surface area contributed by atoms with Crippen molar-refractivity contribution >= 4 is 33.3 Å². The minimum Gasteiger partial charge on any atom is -0.279 e. The van der Waals surface area contributed by atoms with Crippen LogP contribution in [0.3, 0.4) is 0 Å². The minimum atomic E-state index is -4.12. The molecule has 0 spiro atoms. The molecule has 0 amide bonds. The van der Waals surface area contributed by atoms with Gasteiger partial charge in [-0.25, -0.2) is 8.42 Å². The fourth-order valence-electron chi connectivity index (χ4n) is 2.78. The van der Waals surface area contributed by atoms with Gasteiger partial charge in [0.25, 0.3) is 15.7 Å². The van der Waals surface area contributed by atoms with Crippen molar-refractivity contribution in [2.45, 2.75) is 18.7 Å². The summed E-state index contributed by atoms with van der Waals surface area (Å²) in [7, 11) is -4.12. The van der Waals surface area contributed by atoms with Crippen LogP contribution in [0.2, 0.25) is 0 Å². The number of hydrazone groups is 1. The Morgan fingerprint density at radius 3 is 2.33 bits per heavy atom. The van der Waals surface area contributed by atoms with Gasteiger partial charge in [0, 0.05) is 12.1 Å². The molecule has 154 valence electrons. The number of hydrogen-bond donors (Lipinski definition) is 2. The maximum Gasteiger partial charge on any atom is 0.270 e. The van der Waals surface area contributed by atoms with Crippen LogP contribution in [0.5, 0.6) is 0 Å². The monoisotopic (exact) mass is 424 g/mol. The van der Waals surface area contributed by atoms with Gasteiger partial charge in [0.15, 0.2) is 0 Å². The molecule has 0 unspecified atom stereocenters. The Bertz CT molecular complexity index is 1210. The van der Waals surface area contributed by atoms with Gasteiger partial charge in [-0.3, -0.25) is 20.3 Å². The molecule has 0 atom stereocenters. The van der Waals surface area contributed by atoms with Gasteiger partial charge >= 0.3 is 0 Å². The van der Waals surface area contributed by atoms with Gasteiger partial charge < -0.3 is 0 Å². The molecule has 3 aromatic rings. The quantitative estimate of drug-likeness (QED) is 0.330. The van der Waals surface area contributed by atoms with Gasteiger partial charge in [-0.2, -0.15) is 5.10 Å². The SMILES string of the molecule is Cc1ccc(NS(=O)(=O)c2cc([N+](=O)[O-])ccc2NN=Cc2ccccc2)c(C)c1. The maximum absolute atomic E-state index is 13.0. The highest BCUT2D eigenvalue weighted by atomic mass is 32.2. The van der Waals surface area contributed by atoms with Crippen molar-refractivity contribution in [3.8, 4) is 0 Å². The third-order valence-electron chi connectivity index (χ3n) is 4.29. The first-order valence-electron chi connectivity index (χ1n) is 8.99. The second-order valence-corrected chi connectivity index (χ2v) is 8.29. The largest absolute Gasteiger partial charge is 0.279 e. The summed E-state index contributed by atoms with van der Waals surface area (Å²) in [5.41, 5.74) is 5.38. The standard InChI is InChI=1S/C21H20N4O4S/c1-15-8-10-19(16(2)12-15)24-30(28,29)21-13-18(25(26)27)9-11-20(21)23-22-14-17-6-4-3-5-7-17/h3-14,23-24H,1-2H3. The molecule has 2 N–H and O–H groups in total. The molecule has 3 aromatic carbocycles. The predicted octanol–water partition coefficient (Wildman–Crippen LogP) is 4.46. The Kier molecular flexibility index (Phi) is 6.12. The molecule has 30 heavy (non-hydrogen) atoms. The lowest BCUT2D eigenvalue weighted by Gasteiger charge is -2.14. The van der Waals surface area contributed by atoms with E-state index < -0.39 is 14.9 Å². The van der Waals surface area contributed by atoms with E-state index in [0.29, 0.717) is 5.69 Å². The van der Waals surface area contributed by atoms with Gasteiger partial charge in [0.2, 0.25) is 0 Å². The van der Waals surface area contributed by atoms with Crippen molar-refractivity contribution in [1.82, 2.24) is 0 Å². The van der Waals surface area contributed by atoms with Crippen LogP contribution in [-0.2, 0) is 10.0 Å². The first-order valence-corrected chi connectivity index (χ1v) is 10.5. The molecule has 3 rings (SSSR count). The summed E-state index contributed by atoms with van der Waals surface area (Å²) >= 11 is 0. The van der Waals surface area contributed by atoms with Crippen molar-refractivity contribution in [3.63, 3.8) is 0 Å². The number of nitrogens with zero attached hydrogens (tertiary/aromatic N) is 2. The number of anilines is 2. The molecule has 0 aliphatic heterocycles. The van der Waals surface area contributed by atoms with Crippen molar-refractivity contribution in [2.75, 3.05) is 10.1 Å². The van der Waals surface area contributed by atoms with E-state index in [4.69, 9.17) is 0 Å². The van der Waals surface area contributed by atoms with E-state index in [2.05, 4.69) is 15.2 Å². The molecule has 0 saturated carbocycles. The van der Waals surface area contributed by atoms with Crippen LogP contribution in [0.4, 0.5) is 17.1 Å². The number of aryl methyl sites for hydroxylation is 2. The van der Waals surface area contributed by atoms with E-state index >= 15 is 0 Å². The van der Waals surface area contributed by atoms with Crippen LogP contribution < -0.4 is 10.1 Å². The summed E-state index contributed by atoms with van der Waals surface area (Å²) < 4.78 is 28.6. The third kappa shape index (κ3) is 5.00. The molecule has 8 nitrogen and oxygen atoms in total. The van der Waals surface area contributed by atoms with Crippen LogP contribution in [0, 0.1) is 24.0 Å². The van der Waals surface area contributed by atoms with Gasteiger partial charge in [-0.15, -0.1) is 0 Å². The van der Waals surface area contributed by atoms with E-state index in [0.717, 1.165) is 22.8 Å². The predicted molar refractivity (Wildman–Crippen MR) is 117 cm³/mol. The van der Waals surface area contributed by atoms with E-state index in [1.165, 1.54) is 18.3 Å². The molecule has 0 aliphatic rings. The second kappa shape index (κ2) is 8.75. The Hall–Kier alpha value is -3.72. The minimum absolute atomic E-state index is 0.116. The number of sulfonamides is 1. The lowest BCUT2D eigenvalue weighted by Crippen LogP contribution is -2.16. The summed E-state index contributed by atoms with van der Waals surface area (Å²) in [5, 5.41) is 15.2. The zero-order valence-corrected chi connectivity index (χ0v) is 17.2. The molecule has 0 aromatic heterocycles. The molecule has 0 aliphatic carbocycles.